The fourth-order valence-electron chi connectivity index (χ4n) is 5.25. The summed E-state index contributed by atoms with van der Waals surface area (Å²) >= 11 is 3.67. The molecule has 0 aliphatic carbocycles. The molecule has 4 amide bonds. The van der Waals surface area contributed by atoms with Crippen molar-refractivity contribution in [1.29, 1.82) is 0 Å². The first-order valence-corrected chi connectivity index (χ1v) is 15.3. The molecule has 9 nitrogen and oxygen atoms in total. The third-order valence-electron chi connectivity index (χ3n) is 7.21. The smallest absolute Gasteiger partial charge is 0.408 e. The van der Waals surface area contributed by atoms with E-state index in [1.165, 1.54) is 0 Å². The molecule has 0 aromatic heterocycles. The van der Waals surface area contributed by atoms with Gasteiger partial charge in [0.2, 0.25) is 17.7 Å². The molecule has 1 heterocycles. The van der Waals surface area contributed by atoms with Gasteiger partial charge >= 0.3 is 6.09 Å². The Balaban J connectivity index is 1.54. The molecule has 4 rings (SSSR count). The second-order valence-corrected chi connectivity index (χ2v) is 13.5. The lowest BCUT2D eigenvalue weighted by atomic mass is 9.98. The van der Waals surface area contributed by atoms with Crippen molar-refractivity contribution >= 4 is 45.4 Å². The molecule has 0 saturated heterocycles. The van der Waals surface area contributed by atoms with E-state index >= 15 is 0 Å². The largest absolute Gasteiger partial charge is 0.444 e. The van der Waals surface area contributed by atoms with Gasteiger partial charge in [0, 0.05) is 27.7 Å². The number of alkyl carbamates (subject to hydrolysis) is 1. The summed E-state index contributed by atoms with van der Waals surface area (Å²) in [7, 11) is 0. The zero-order valence-corrected chi connectivity index (χ0v) is 27.3. The predicted molar refractivity (Wildman–Crippen MR) is 174 cm³/mol. The Bertz CT molecular complexity index is 1580. The third kappa shape index (κ3) is 8.25. The van der Waals surface area contributed by atoms with Gasteiger partial charge in [0.05, 0.1) is 6.54 Å². The lowest BCUT2D eigenvalue weighted by molar-refractivity contribution is -0.128. The van der Waals surface area contributed by atoms with Crippen LogP contribution >= 0.6 is 15.9 Å². The van der Waals surface area contributed by atoms with Gasteiger partial charge < -0.3 is 26.0 Å². The Labute approximate surface area is 266 Å². The van der Waals surface area contributed by atoms with Gasteiger partial charge in [0.1, 0.15) is 11.6 Å². The number of carbonyl (C=O) groups is 4. The number of hydrogen-bond donors (Lipinski definition) is 3. The maximum Gasteiger partial charge on any atom is 0.408 e. The molecule has 0 saturated carbocycles. The van der Waals surface area contributed by atoms with Gasteiger partial charge in [-0.25, -0.2) is 4.79 Å². The first-order chi connectivity index (χ1) is 20.6. The van der Waals surface area contributed by atoms with Gasteiger partial charge in [0.25, 0.3) is 0 Å². The maximum absolute atomic E-state index is 14.0. The topological polar surface area (TPSA) is 131 Å². The van der Waals surface area contributed by atoms with E-state index in [2.05, 4.69) is 26.6 Å². The molecule has 1 atom stereocenters. The fourth-order valence-corrected chi connectivity index (χ4v) is 5.75. The lowest BCUT2D eigenvalue weighted by Crippen LogP contribution is -2.52. The fraction of sp³-hybridized carbons (Fsp3) is 0.353. The number of amides is 4. The summed E-state index contributed by atoms with van der Waals surface area (Å²) in [5, 5.41) is 5.67. The van der Waals surface area contributed by atoms with Crippen LogP contribution in [0, 0.1) is 0 Å². The molecule has 0 bridgehead atoms. The molecule has 1 aliphatic rings. The Morgan fingerprint density at radius 3 is 2.36 bits per heavy atom. The van der Waals surface area contributed by atoms with Crippen LogP contribution in [-0.4, -0.2) is 41.0 Å². The number of hydrogen-bond acceptors (Lipinski definition) is 5. The average Bonchev–Trinajstić information content (AvgIpc) is 3.04. The number of rotatable bonds is 8. The van der Waals surface area contributed by atoms with Crippen LogP contribution in [0.25, 0.3) is 11.1 Å². The number of nitrogens with zero attached hydrogens (tertiary/aromatic N) is 1. The van der Waals surface area contributed by atoms with E-state index in [9.17, 15) is 19.2 Å². The molecule has 1 unspecified atom stereocenters. The normalized spacial score (nSPS) is 15.2. The second kappa shape index (κ2) is 13.2. The van der Waals surface area contributed by atoms with Crippen molar-refractivity contribution < 1.29 is 23.9 Å². The molecule has 44 heavy (non-hydrogen) atoms. The number of aryl methyl sites for hydroxylation is 1. The van der Waals surface area contributed by atoms with Gasteiger partial charge in [-0.15, -0.1) is 0 Å². The van der Waals surface area contributed by atoms with E-state index in [0.717, 1.165) is 32.4 Å². The zero-order valence-electron chi connectivity index (χ0n) is 25.7. The SMILES string of the molecule is CC(C)(CC(=O)NC1CCc2ccccc2N(Cc2ccc(-c3ccccc3C(N)=O)cc2Br)C1=O)NC(=O)OC(C)(C)C. The van der Waals surface area contributed by atoms with Crippen LogP contribution in [0.4, 0.5) is 10.5 Å². The van der Waals surface area contributed by atoms with E-state index < -0.39 is 29.2 Å². The number of nitrogens with one attached hydrogen (secondary N) is 2. The first-order valence-electron chi connectivity index (χ1n) is 14.5. The molecule has 3 aromatic rings. The van der Waals surface area contributed by atoms with Crippen molar-refractivity contribution in [3.63, 3.8) is 0 Å². The van der Waals surface area contributed by atoms with Gasteiger partial charge in [-0.2, -0.15) is 0 Å². The minimum Gasteiger partial charge on any atom is -0.444 e. The highest BCUT2D eigenvalue weighted by Crippen LogP contribution is 2.33. The molecule has 232 valence electrons. The monoisotopic (exact) mass is 662 g/mol. The van der Waals surface area contributed by atoms with E-state index in [-0.39, 0.29) is 24.8 Å². The van der Waals surface area contributed by atoms with Crippen molar-refractivity contribution in [2.75, 3.05) is 4.90 Å². The number of ether oxygens (including phenoxy) is 1. The van der Waals surface area contributed by atoms with Crippen LogP contribution < -0.4 is 21.3 Å². The lowest BCUT2D eigenvalue weighted by Gasteiger charge is -2.30. The summed E-state index contributed by atoms with van der Waals surface area (Å²) in [5.74, 6) is -1.09. The summed E-state index contributed by atoms with van der Waals surface area (Å²) in [4.78, 5) is 53.2. The van der Waals surface area contributed by atoms with Gasteiger partial charge in [-0.3, -0.25) is 14.4 Å². The number of primary amides is 1. The van der Waals surface area contributed by atoms with Crippen molar-refractivity contribution in [1.82, 2.24) is 10.6 Å². The zero-order chi connectivity index (χ0) is 32.2. The van der Waals surface area contributed by atoms with Crippen LogP contribution in [0.2, 0.25) is 0 Å². The highest BCUT2D eigenvalue weighted by atomic mass is 79.9. The summed E-state index contributed by atoms with van der Waals surface area (Å²) < 4.78 is 6.10. The standard InChI is InChI=1S/C34H39BrN4O5/c1-33(2,3)44-32(43)38-34(4,5)19-29(40)37-27-17-16-21-10-6-9-13-28(21)39(31(27)42)20-23-15-14-22(18-26(23)35)24-11-7-8-12-25(24)30(36)41/h6-15,18,27H,16-17,19-20H2,1-5H3,(H2,36,41)(H,37,40)(H,38,43). The highest BCUT2D eigenvalue weighted by Gasteiger charge is 2.34. The van der Waals surface area contributed by atoms with Crippen LogP contribution in [-0.2, 0) is 27.3 Å². The van der Waals surface area contributed by atoms with Crippen LogP contribution in [0.15, 0.2) is 71.2 Å². The minimum absolute atomic E-state index is 0.0389. The minimum atomic E-state index is -0.900. The number of nitrogens with two attached hydrogens (primary N) is 1. The molecular formula is C34H39BrN4O5. The Morgan fingerprint density at radius 1 is 1.00 bits per heavy atom. The molecular weight excluding hydrogens is 624 g/mol. The highest BCUT2D eigenvalue weighted by molar-refractivity contribution is 9.10. The van der Waals surface area contributed by atoms with Crippen molar-refractivity contribution in [3.8, 4) is 11.1 Å². The summed E-state index contributed by atoms with van der Waals surface area (Å²) in [6.07, 6.45) is 0.384. The van der Waals surface area contributed by atoms with Gasteiger partial charge in [0.15, 0.2) is 0 Å². The van der Waals surface area contributed by atoms with E-state index in [1.54, 1.807) is 51.7 Å². The summed E-state index contributed by atoms with van der Waals surface area (Å²) in [5.41, 5.74) is 8.62. The summed E-state index contributed by atoms with van der Waals surface area (Å²) in [6.45, 7) is 9.02. The Morgan fingerprint density at radius 2 is 1.68 bits per heavy atom. The molecule has 10 heteroatoms. The number of anilines is 1. The molecule has 4 N–H and O–H groups in total. The van der Waals surface area contributed by atoms with E-state index in [0.29, 0.717) is 18.4 Å². The molecule has 0 spiro atoms. The number of fused-ring (bicyclic) bond motifs is 1. The Hall–Kier alpha value is -4.18. The number of benzene rings is 3. The van der Waals surface area contributed by atoms with Gasteiger partial charge in [-0.1, -0.05) is 64.5 Å². The molecule has 3 aromatic carbocycles. The number of halogens is 1. The average molecular weight is 664 g/mol. The molecule has 0 fully saturated rings. The maximum atomic E-state index is 14.0. The van der Waals surface area contributed by atoms with Crippen LogP contribution in [0.1, 0.15) is 68.9 Å². The van der Waals surface area contributed by atoms with E-state index in [4.69, 9.17) is 10.5 Å². The predicted octanol–water partition coefficient (Wildman–Crippen LogP) is 5.87. The quantitative estimate of drug-likeness (QED) is 0.278. The van der Waals surface area contributed by atoms with Gasteiger partial charge in [-0.05, 0) is 87.9 Å². The third-order valence-corrected chi connectivity index (χ3v) is 7.95. The number of carbonyl (C=O) groups excluding carboxylic acids is 4. The van der Waals surface area contributed by atoms with Crippen molar-refractivity contribution in [2.45, 2.75) is 77.6 Å². The van der Waals surface area contributed by atoms with Crippen molar-refractivity contribution in [3.05, 3.63) is 87.9 Å². The van der Waals surface area contributed by atoms with Crippen LogP contribution in [0.5, 0.6) is 0 Å². The first kappa shape index (κ1) is 32.7. The van der Waals surface area contributed by atoms with E-state index in [1.807, 2.05) is 54.6 Å². The number of para-hydroxylation sites is 1. The molecule has 0 radical (unpaired) electrons. The Kier molecular flexibility index (Phi) is 9.83. The summed E-state index contributed by atoms with van der Waals surface area (Å²) in [6, 6.07) is 19.8. The molecule has 1 aliphatic heterocycles. The second-order valence-electron chi connectivity index (χ2n) is 12.6. The van der Waals surface area contributed by atoms with Crippen LogP contribution in [0.3, 0.4) is 0 Å². The van der Waals surface area contributed by atoms with Crippen molar-refractivity contribution in [2.24, 2.45) is 5.73 Å².